The Morgan fingerprint density at radius 2 is 2.00 bits per heavy atom. The van der Waals surface area contributed by atoms with E-state index in [1.54, 1.807) is 0 Å². The van der Waals surface area contributed by atoms with E-state index in [0.717, 1.165) is 12.1 Å². The minimum absolute atomic E-state index is 0.162. The summed E-state index contributed by atoms with van der Waals surface area (Å²) in [5.74, 6) is -4.99. The molecule has 0 bridgehead atoms. The first-order valence-corrected chi connectivity index (χ1v) is 6.91. The van der Waals surface area contributed by atoms with Crippen LogP contribution in [0.4, 0.5) is 17.4 Å². The van der Waals surface area contributed by atoms with Crippen molar-refractivity contribution in [3.05, 3.63) is 34.1 Å². The first kappa shape index (κ1) is 15.3. The Kier molecular flexibility index (Phi) is 3.67. The lowest BCUT2D eigenvalue weighted by Crippen LogP contribution is -2.35. The first-order chi connectivity index (χ1) is 10.3. The minimum atomic E-state index is -3.07. The highest BCUT2D eigenvalue weighted by atomic mass is 35.5. The highest BCUT2D eigenvalue weighted by molar-refractivity contribution is 6.59. The van der Waals surface area contributed by atoms with E-state index in [1.807, 2.05) is 0 Å². The molecule has 0 saturated heterocycles. The van der Waals surface area contributed by atoms with Crippen molar-refractivity contribution in [2.75, 3.05) is 0 Å². The van der Waals surface area contributed by atoms with Crippen molar-refractivity contribution in [2.45, 2.75) is 24.5 Å². The summed E-state index contributed by atoms with van der Waals surface area (Å²) >= 11 is 5.68. The van der Waals surface area contributed by atoms with E-state index in [-0.39, 0.29) is 22.6 Å². The van der Waals surface area contributed by atoms with E-state index in [0.29, 0.717) is 0 Å². The zero-order valence-corrected chi connectivity index (χ0v) is 11.7. The highest BCUT2D eigenvalue weighted by Gasteiger charge is 2.50. The molecule has 1 saturated carbocycles. The summed E-state index contributed by atoms with van der Waals surface area (Å²) in [7, 11) is -3.07. The third kappa shape index (κ3) is 2.39. The molecule has 22 heavy (non-hydrogen) atoms. The van der Waals surface area contributed by atoms with Gasteiger partial charge in [-0.3, -0.25) is 13.6 Å². The summed E-state index contributed by atoms with van der Waals surface area (Å²) in [4.78, 5) is 15.0. The van der Waals surface area contributed by atoms with Gasteiger partial charge in [0.15, 0.2) is 0 Å². The summed E-state index contributed by atoms with van der Waals surface area (Å²) < 4.78 is 53.6. The van der Waals surface area contributed by atoms with Crippen LogP contribution in [-0.4, -0.2) is 30.2 Å². The van der Waals surface area contributed by atoms with E-state index >= 15 is 0 Å². The summed E-state index contributed by atoms with van der Waals surface area (Å²) in [6, 6.07) is 1.01. The highest BCUT2D eigenvalue weighted by Crippen LogP contribution is 2.51. The molecule has 1 aromatic rings. The average molecular weight is 333 g/mol. The van der Waals surface area contributed by atoms with Crippen molar-refractivity contribution in [3.8, 4) is 0 Å². The molecule has 0 spiro atoms. The number of benzene rings is 1. The Morgan fingerprint density at radius 1 is 1.36 bits per heavy atom. The van der Waals surface area contributed by atoms with Gasteiger partial charge in [-0.25, -0.2) is 13.6 Å². The molecule has 1 aliphatic carbocycles. The molecular formula is C13H9BClF4NO2. The van der Waals surface area contributed by atoms with Crippen LogP contribution < -0.4 is 0 Å². The number of fused-ring (bicyclic) bond motifs is 1. The predicted molar refractivity (Wildman–Crippen MR) is 72.9 cm³/mol. The van der Waals surface area contributed by atoms with Gasteiger partial charge in [-0.15, -0.1) is 0 Å². The third-order valence-electron chi connectivity index (χ3n) is 3.99. The maximum atomic E-state index is 13.7. The number of halogens is 5. The molecule has 1 aliphatic heterocycles. The number of nitrogens with zero attached hydrogens (tertiary/aromatic N) is 1. The zero-order chi connectivity index (χ0) is 16.2. The standard InChI is InChI=1S/C13H9BClF4NO2/c15-7-1-5-4(2-9(7)17)10(14(18)19)12(13(21)22)20-11(5)6-3-8(6)16/h1-2,6,8,10-11H,3H2,(H,21,22). The molecular weight excluding hydrogens is 324 g/mol. The molecule has 0 radical (unpaired) electrons. The molecule has 1 N–H and O–H groups in total. The van der Waals surface area contributed by atoms with Crippen LogP contribution in [0.15, 0.2) is 17.1 Å². The minimum Gasteiger partial charge on any atom is -0.477 e. The smallest absolute Gasteiger partial charge is 0.477 e. The third-order valence-corrected chi connectivity index (χ3v) is 4.28. The normalized spacial score (nSPS) is 29.6. The van der Waals surface area contributed by atoms with Crippen molar-refractivity contribution < 1.29 is 27.3 Å². The molecule has 3 nitrogen and oxygen atoms in total. The number of aliphatic imine (C=N–C) groups is 1. The van der Waals surface area contributed by atoms with Crippen LogP contribution in [0.3, 0.4) is 0 Å². The van der Waals surface area contributed by atoms with Crippen LogP contribution in [0.2, 0.25) is 5.02 Å². The molecule has 3 rings (SSSR count). The van der Waals surface area contributed by atoms with Gasteiger partial charge in [0.1, 0.15) is 17.7 Å². The molecule has 2 aliphatic rings. The van der Waals surface area contributed by atoms with Crippen LogP contribution in [0.1, 0.15) is 29.4 Å². The number of aliphatic carboxylic acids is 1. The number of carboxylic acids is 1. The topological polar surface area (TPSA) is 49.7 Å². The fourth-order valence-corrected chi connectivity index (χ4v) is 3.00. The van der Waals surface area contributed by atoms with Crippen LogP contribution in [-0.2, 0) is 4.79 Å². The number of alkyl halides is 1. The molecule has 4 atom stereocenters. The first-order valence-electron chi connectivity index (χ1n) is 6.53. The lowest BCUT2D eigenvalue weighted by molar-refractivity contribution is -0.129. The summed E-state index contributed by atoms with van der Waals surface area (Å²) in [6.07, 6.45) is -1.02. The number of carbonyl (C=O) groups is 1. The van der Waals surface area contributed by atoms with Gasteiger partial charge in [0.05, 0.1) is 16.9 Å². The average Bonchev–Trinajstić information content (AvgIpc) is 3.14. The summed E-state index contributed by atoms with van der Waals surface area (Å²) in [5.41, 5.74) is -0.784. The second-order valence-electron chi connectivity index (χ2n) is 5.39. The van der Waals surface area contributed by atoms with Crippen LogP contribution >= 0.6 is 11.6 Å². The van der Waals surface area contributed by atoms with Crippen molar-refractivity contribution >= 4 is 30.5 Å². The van der Waals surface area contributed by atoms with Crippen molar-refractivity contribution in [1.29, 1.82) is 0 Å². The van der Waals surface area contributed by atoms with E-state index in [9.17, 15) is 22.2 Å². The molecule has 116 valence electrons. The van der Waals surface area contributed by atoms with Gasteiger partial charge in [-0.05, 0) is 29.7 Å². The fraction of sp³-hybridized carbons (Fsp3) is 0.385. The fourth-order valence-electron chi connectivity index (χ4n) is 2.83. The Labute approximate surface area is 128 Å². The van der Waals surface area contributed by atoms with E-state index < -0.39 is 48.7 Å². The van der Waals surface area contributed by atoms with Crippen molar-refractivity contribution in [3.63, 3.8) is 0 Å². The maximum absolute atomic E-state index is 13.7. The van der Waals surface area contributed by atoms with Crippen LogP contribution in [0.25, 0.3) is 0 Å². The SMILES string of the molecule is O=C(O)C1=NC(C2CC2F)c2cc(Cl)c(F)cc2C1B(F)F. The molecule has 9 heteroatoms. The van der Waals surface area contributed by atoms with Crippen molar-refractivity contribution in [1.82, 2.24) is 0 Å². The number of hydrogen-bond donors (Lipinski definition) is 1. The molecule has 1 aromatic carbocycles. The largest absolute Gasteiger partial charge is 0.551 e. The van der Waals surface area contributed by atoms with E-state index in [4.69, 9.17) is 16.7 Å². The lowest BCUT2D eigenvalue weighted by Gasteiger charge is -2.28. The quantitative estimate of drug-likeness (QED) is 0.680. The number of hydrogen-bond acceptors (Lipinski definition) is 2. The summed E-state index contributed by atoms with van der Waals surface area (Å²) in [6.45, 7) is 0. The van der Waals surface area contributed by atoms with Gasteiger partial charge in [-0.1, -0.05) is 11.6 Å². The predicted octanol–water partition coefficient (Wildman–Crippen LogP) is 3.47. The molecule has 4 unspecified atom stereocenters. The number of rotatable bonds is 3. The second kappa shape index (κ2) is 5.26. The molecule has 1 fully saturated rings. The monoisotopic (exact) mass is 333 g/mol. The van der Waals surface area contributed by atoms with Gasteiger partial charge in [0.2, 0.25) is 0 Å². The van der Waals surface area contributed by atoms with Gasteiger partial charge < -0.3 is 5.11 Å². The van der Waals surface area contributed by atoms with Gasteiger partial charge in [-0.2, -0.15) is 0 Å². The van der Waals surface area contributed by atoms with Gasteiger partial charge in [0.25, 0.3) is 0 Å². The molecule has 1 heterocycles. The maximum Gasteiger partial charge on any atom is 0.551 e. The lowest BCUT2D eigenvalue weighted by atomic mass is 9.66. The van der Waals surface area contributed by atoms with Crippen LogP contribution in [0.5, 0.6) is 0 Å². The Balaban J connectivity index is 2.19. The van der Waals surface area contributed by atoms with Gasteiger partial charge in [0, 0.05) is 5.92 Å². The molecule has 0 amide bonds. The van der Waals surface area contributed by atoms with Crippen molar-refractivity contribution in [2.24, 2.45) is 10.9 Å². The van der Waals surface area contributed by atoms with Crippen LogP contribution in [0, 0.1) is 11.7 Å². The van der Waals surface area contributed by atoms with E-state index in [2.05, 4.69) is 4.99 Å². The zero-order valence-electron chi connectivity index (χ0n) is 10.9. The summed E-state index contributed by atoms with van der Waals surface area (Å²) in [5, 5.41) is 8.83. The number of carboxylic acid groups (broad SMARTS) is 1. The second-order valence-corrected chi connectivity index (χ2v) is 5.79. The van der Waals surface area contributed by atoms with E-state index in [1.165, 1.54) is 0 Å². The van der Waals surface area contributed by atoms with Gasteiger partial charge >= 0.3 is 13.2 Å². The molecule has 0 aromatic heterocycles. The Bertz CT molecular complexity index is 684. The Hall–Kier alpha value is -1.57. The Morgan fingerprint density at radius 3 is 2.50 bits per heavy atom.